The molecule has 96 valence electrons. The smallest absolute Gasteiger partial charge is 0.250 e. The van der Waals surface area contributed by atoms with E-state index in [2.05, 4.69) is 4.72 Å². The number of rotatable bonds is 3. The Morgan fingerprint density at radius 1 is 1.29 bits per heavy atom. The summed E-state index contributed by atoms with van der Waals surface area (Å²) < 4.78 is 27.3. The maximum Gasteiger partial charge on any atom is 0.250 e. The van der Waals surface area contributed by atoms with Gasteiger partial charge in [-0.3, -0.25) is 0 Å². The van der Waals surface area contributed by atoms with Gasteiger partial charge in [0.2, 0.25) is 10.0 Å². The zero-order valence-corrected chi connectivity index (χ0v) is 11.5. The Bertz CT molecular complexity index is 477. The van der Waals surface area contributed by atoms with Crippen molar-refractivity contribution in [1.29, 1.82) is 0 Å². The minimum absolute atomic E-state index is 0.0794. The summed E-state index contributed by atoms with van der Waals surface area (Å²) in [5.41, 5.74) is 0. The van der Waals surface area contributed by atoms with Crippen molar-refractivity contribution in [2.75, 3.05) is 0 Å². The molecule has 1 aliphatic carbocycles. The Labute approximate surface area is 110 Å². The highest BCUT2D eigenvalue weighted by Gasteiger charge is 2.25. The molecule has 1 heterocycles. The second kappa shape index (κ2) is 5.24. The van der Waals surface area contributed by atoms with Gasteiger partial charge in [0.25, 0.3) is 0 Å². The topological polar surface area (TPSA) is 66.4 Å². The van der Waals surface area contributed by atoms with Gasteiger partial charge in [0.15, 0.2) is 0 Å². The molecule has 0 saturated heterocycles. The SMILES string of the molecule is O=S(=O)(NC1CCC(O)CC1)c1ccc(Cl)s1. The summed E-state index contributed by atoms with van der Waals surface area (Å²) in [5.74, 6) is 0. The average Bonchev–Trinajstić information content (AvgIpc) is 2.69. The van der Waals surface area contributed by atoms with Gasteiger partial charge in [0, 0.05) is 6.04 Å². The highest BCUT2D eigenvalue weighted by atomic mass is 35.5. The van der Waals surface area contributed by atoms with E-state index in [4.69, 9.17) is 11.6 Å². The predicted molar refractivity (Wildman–Crippen MR) is 67.9 cm³/mol. The van der Waals surface area contributed by atoms with Gasteiger partial charge in [-0.05, 0) is 37.8 Å². The van der Waals surface area contributed by atoms with Crippen LogP contribution >= 0.6 is 22.9 Å². The lowest BCUT2D eigenvalue weighted by Crippen LogP contribution is -2.38. The van der Waals surface area contributed by atoms with Gasteiger partial charge in [0.05, 0.1) is 10.4 Å². The van der Waals surface area contributed by atoms with E-state index in [9.17, 15) is 13.5 Å². The molecular formula is C10H14ClNO3S2. The first-order chi connectivity index (χ1) is 7.97. The molecule has 7 heteroatoms. The molecule has 0 unspecified atom stereocenters. The van der Waals surface area contributed by atoms with E-state index < -0.39 is 10.0 Å². The fraction of sp³-hybridized carbons (Fsp3) is 0.600. The Morgan fingerprint density at radius 2 is 1.94 bits per heavy atom. The van der Waals surface area contributed by atoms with Crippen LogP contribution in [0.3, 0.4) is 0 Å². The molecule has 1 aromatic rings. The number of halogens is 1. The third kappa shape index (κ3) is 3.42. The van der Waals surface area contributed by atoms with E-state index in [1.807, 2.05) is 0 Å². The molecule has 17 heavy (non-hydrogen) atoms. The third-order valence-corrected chi connectivity index (χ3v) is 6.08. The van der Waals surface area contributed by atoms with Gasteiger partial charge < -0.3 is 5.11 Å². The summed E-state index contributed by atoms with van der Waals surface area (Å²) in [7, 11) is -3.45. The number of aliphatic hydroxyl groups is 1. The second-order valence-electron chi connectivity index (χ2n) is 4.19. The quantitative estimate of drug-likeness (QED) is 0.896. The molecule has 4 nitrogen and oxygen atoms in total. The van der Waals surface area contributed by atoms with E-state index in [-0.39, 0.29) is 16.4 Å². The maximum absolute atomic E-state index is 12.0. The largest absolute Gasteiger partial charge is 0.393 e. The second-order valence-corrected chi connectivity index (χ2v) is 7.84. The average molecular weight is 296 g/mol. The van der Waals surface area contributed by atoms with Gasteiger partial charge in [-0.2, -0.15) is 0 Å². The summed E-state index contributed by atoms with van der Waals surface area (Å²) in [6.45, 7) is 0. The lowest BCUT2D eigenvalue weighted by atomic mass is 9.94. The van der Waals surface area contributed by atoms with Crippen LogP contribution in [0.5, 0.6) is 0 Å². The molecule has 0 spiro atoms. The van der Waals surface area contributed by atoms with Crippen molar-refractivity contribution in [2.24, 2.45) is 0 Å². The molecule has 0 radical (unpaired) electrons. The zero-order valence-electron chi connectivity index (χ0n) is 9.10. The van der Waals surface area contributed by atoms with Crippen LogP contribution < -0.4 is 4.72 Å². The van der Waals surface area contributed by atoms with Crippen molar-refractivity contribution in [1.82, 2.24) is 4.72 Å². The molecule has 1 aliphatic rings. The highest BCUT2D eigenvalue weighted by molar-refractivity contribution is 7.91. The first-order valence-electron chi connectivity index (χ1n) is 5.43. The Balaban J connectivity index is 2.03. The molecule has 2 rings (SSSR count). The van der Waals surface area contributed by atoms with Crippen LogP contribution in [0, 0.1) is 0 Å². The first kappa shape index (κ1) is 13.3. The van der Waals surface area contributed by atoms with E-state index >= 15 is 0 Å². The van der Waals surface area contributed by atoms with E-state index in [0.717, 1.165) is 11.3 Å². The Morgan fingerprint density at radius 3 is 2.47 bits per heavy atom. The van der Waals surface area contributed by atoms with Crippen LogP contribution in [0.15, 0.2) is 16.3 Å². The van der Waals surface area contributed by atoms with Crippen molar-refractivity contribution in [2.45, 2.75) is 42.0 Å². The lowest BCUT2D eigenvalue weighted by Gasteiger charge is -2.25. The molecule has 1 aromatic heterocycles. The molecule has 0 amide bonds. The van der Waals surface area contributed by atoms with Crippen molar-refractivity contribution >= 4 is 33.0 Å². The van der Waals surface area contributed by atoms with Crippen molar-refractivity contribution in [3.05, 3.63) is 16.5 Å². The summed E-state index contributed by atoms with van der Waals surface area (Å²) in [6, 6.07) is 3.00. The number of sulfonamides is 1. The minimum Gasteiger partial charge on any atom is -0.393 e. The van der Waals surface area contributed by atoms with Gasteiger partial charge in [-0.25, -0.2) is 13.1 Å². The molecule has 2 N–H and O–H groups in total. The molecule has 0 aromatic carbocycles. The molecular weight excluding hydrogens is 282 g/mol. The number of hydrogen-bond acceptors (Lipinski definition) is 4. The van der Waals surface area contributed by atoms with Crippen LogP contribution in [0.4, 0.5) is 0 Å². The predicted octanol–water partition coefficient (Wildman–Crippen LogP) is 1.98. The van der Waals surface area contributed by atoms with Gasteiger partial charge in [0.1, 0.15) is 4.21 Å². The van der Waals surface area contributed by atoms with Crippen LogP contribution in [0.25, 0.3) is 0 Å². The minimum atomic E-state index is -3.45. The number of aliphatic hydroxyl groups excluding tert-OH is 1. The van der Waals surface area contributed by atoms with E-state index in [1.165, 1.54) is 6.07 Å². The van der Waals surface area contributed by atoms with E-state index in [1.54, 1.807) is 6.07 Å². The fourth-order valence-corrected chi connectivity index (χ4v) is 4.72. The monoisotopic (exact) mass is 295 g/mol. The summed E-state index contributed by atoms with van der Waals surface area (Å²) in [4.78, 5) is 0. The van der Waals surface area contributed by atoms with Crippen LogP contribution in [0.2, 0.25) is 4.34 Å². The van der Waals surface area contributed by atoms with Crippen LogP contribution in [-0.4, -0.2) is 25.7 Å². The summed E-state index contributed by atoms with van der Waals surface area (Å²) in [6.07, 6.45) is 2.38. The number of hydrogen-bond donors (Lipinski definition) is 2. The molecule has 0 aliphatic heterocycles. The Hall–Kier alpha value is -0.140. The lowest BCUT2D eigenvalue weighted by molar-refractivity contribution is 0.120. The fourth-order valence-electron chi connectivity index (χ4n) is 1.91. The highest BCUT2D eigenvalue weighted by Crippen LogP contribution is 2.27. The Kier molecular flexibility index (Phi) is 4.10. The molecule has 0 atom stereocenters. The molecule has 1 fully saturated rings. The zero-order chi connectivity index (χ0) is 12.5. The third-order valence-electron chi connectivity index (χ3n) is 2.83. The van der Waals surface area contributed by atoms with Gasteiger partial charge >= 0.3 is 0 Å². The standard InChI is InChI=1S/C10H14ClNO3S2/c11-9-5-6-10(16-9)17(14,15)12-7-1-3-8(13)4-2-7/h5-8,12-13H,1-4H2. The van der Waals surface area contributed by atoms with Gasteiger partial charge in [-0.15, -0.1) is 11.3 Å². The van der Waals surface area contributed by atoms with Crippen LogP contribution in [0.1, 0.15) is 25.7 Å². The maximum atomic E-state index is 12.0. The van der Waals surface area contributed by atoms with Crippen LogP contribution in [-0.2, 0) is 10.0 Å². The van der Waals surface area contributed by atoms with Gasteiger partial charge in [-0.1, -0.05) is 11.6 Å². The van der Waals surface area contributed by atoms with Crippen molar-refractivity contribution in [3.63, 3.8) is 0 Å². The summed E-state index contributed by atoms with van der Waals surface area (Å²) in [5, 5.41) is 9.35. The summed E-state index contributed by atoms with van der Waals surface area (Å²) >= 11 is 6.77. The number of thiophene rings is 1. The molecule has 0 bridgehead atoms. The molecule has 1 saturated carbocycles. The van der Waals surface area contributed by atoms with E-state index in [0.29, 0.717) is 30.0 Å². The first-order valence-corrected chi connectivity index (χ1v) is 8.11. The normalized spacial score (nSPS) is 26.0. The van der Waals surface area contributed by atoms with Crippen molar-refractivity contribution < 1.29 is 13.5 Å². The number of nitrogens with one attached hydrogen (secondary N) is 1. The van der Waals surface area contributed by atoms with Crippen molar-refractivity contribution in [3.8, 4) is 0 Å².